The van der Waals surface area contributed by atoms with E-state index < -0.39 is 0 Å². The van der Waals surface area contributed by atoms with Crippen LogP contribution in [0.3, 0.4) is 0 Å². The maximum Gasteiger partial charge on any atom is 0.231 e. The molecule has 4 nitrogen and oxygen atoms in total. The van der Waals surface area contributed by atoms with Gasteiger partial charge in [0.15, 0.2) is 5.78 Å². The third kappa shape index (κ3) is 5.19. The van der Waals surface area contributed by atoms with E-state index in [-0.39, 0.29) is 11.8 Å². The predicted octanol–water partition coefficient (Wildman–Crippen LogP) is 3.53. The number of likely N-dealkylation sites (tertiary alicyclic amines) is 1. The van der Waals surface area contributed by atoms with E-state index in [1.807, 2.05) is 24.8 Å². The minimum atomic E-state index is 0.0617. The number of carbonyl (C=O) groups is 2. The Morgan fingerprint density at radius 3 is 2.30 bits per heavy atom. The van der Waals surface area contributed by atoms with Gasteiger partial charge in [0.25, 0.3) is 0 Å². The van der Waals surface area contributed by atoms with E-state index in [1.165, 1.54) is 16.7 Å². The van der Waals surface area contributed by atoms with Gasteiger partial charge in [0, 0.05) is 19.5 Å². The fourth-order valence-electron chi connectivity index (χ4n) is 4.62. The second-order valence-corrected chi connectivity index (χ2v) is 8.16. The van der Waals surface area contributed by atoms with E-state index in [4.69, 9.17) is 0 Å². The van der Waals surface area contributed by atoms with Gasteiger partial charge in [0.1, 0.15) is 6.54 Å². The summed E-state index contributed by atoms with van der Waals surface area (Å²) in [6, 6.07) is 6.21. The number of rotatable bonds is 8. The number of Topliss-reactive ketones (excluding diaryl/α,β-unsaturated/α-hetero) is 1. The van der Waals surface area contributed by atoms with E-state index in [0.717, 1.165) is 50.0 Å². The number of hydrogen-bond acceptors (Lipinski definition) is 2. The zero-order chi connectivity index (χ0) is 20.0. The molecule has 1 aliphatic heterocycles. The number of carbonyl (C=O) groups excluding carboxylic acids is 2. The quantitative estimate of drug-likeness (QED) is 0.654. The number of amides is 1. The Bertz CT molecular complexity index is 646. The van der Waals surface area contributed by atoms with Gasteiger partial charge in [-0.05, 0) is 64.2 Å². The van der Waals surface area contributed by atoms with Gasteiger partial charge in [-0.25, -0.2) is 0 Å². The Balaban J connectivity index is 2.09. The van der Waals surface area contributed by atoms with Crippen molar-refractivity contribution >= 4 is 11.7 Å². The molecule has 4 heteroatoms. The number of piperidine rings is 1. The average Bonchev–Trinajstić information content (AvgIpc) is 2.66. The number of nitrogens with zero attached hydrogens (tertiary/aromatic N) is 2. The van der Waals surface area contributed by atoms with Crippen LogP contribution >= 0.6 is 0 Å². The lowest BCUT2D eigenvalue weighted by atomic mass is 9.92. The molecule has 0 radical (unpaired) electrons. The first-order valence-electron chi connectivity index (χ1n) is 10.6. The van der Waals surface area contributed by atoms with Crippen molar-refractivity contribution in [2.45, 2.75) is 53.9 Å². The van der Waals surface area contributed by atoms with Crippen molar-refractivity contribution in [3.8, 4) is 0 Å². The van der Waals surface area contributed by atoms with E-state index in [2.05, 4.69) is 32.9 Å². The fourth-order valence-corrected chi connectivity index (χ4v) is 4.62. The van der Waals surface area contributed by atoms with Gasteiger partial charge in [-0.1, -0.05) is 18.2 Å². The first-order chi connectivity index (χ1) is 12.9. The molecule has 1 aromatic rings. The molecule has 27 heavy (non-hydrogen) atoms. The summed E-state index contributed by atoms with van der Waals surface area (Å²) in [6.45, 7) is 15.2. The van der Waals surface area contributed by atoms with E-state index >= 15 is 0 Å². The van der Waals surface area contributed by atoms with Crippen molar-refractivity contribution in [1.82, 2.24) is 4.90 Å². The average molecular weight is 374 g/mol. The lowest BCUT2D eigenvalue weighted by Gasteiger charge is -2.43. The topological polar surface area (TPSA) is 37.4 Å². The largest absolute Gasteiger partial charge is 0.343 e. The Kier molecular flexibility index (Phi) is 7.60. The molecule has 1 saturated heterocycles. The number of aryl methyl sites for hydroxylation is 2. The molecule has 1 amide bonds. The molecule has 1 fully saturated rings. The van der Waals surface area contributed by atoms with Crippen molar-refractivity contribution in [3.05, 3.63) is 34.9 Å². The molecule has 1 aromatic carbocycles. The predicted molar refractivity (Wildman–Crippen MR) is 111 cm³/mol. The molecule has 2 rings (SSSR count). The maximum atomic E-state index is 13.0. The summed E-state index contributed by atoms with van der Waals surface area (Å²) < 4.78 is 0.765. The highest BCUT2D eigenvalue weighted by molar-refractivity contribution is 5.83. The van der Waals surface area contributed by atoms with Gasteiger partial charge in [-0.2, -0.15) is 0 Å². The lowest BCUT2D eigenvalue weighted by molar-refractivity contribution is -0.925. The minimum Gasteiger partial charge on any atom is -0.343 e. The summed E-state index contributed by atoms with van der Waals surface area (Å²) >= 11 is 0. The van der Waals surface area contributed by atoms with Crippen molar-refractivity contribution in [2.24, 2.45) is 5.92 Å². The molecular formula is C23H37N2O2+. The minimum absolute atomic E-state index is 0.0617. The summed E-state index contributed by atoms with van der Waals surface area (Å²) in [5.74, 6) is 0.634. The van der Waals surface area contributed by atoms with Gasteiger partial charge in [-0.15, -0.1) is 0 Å². The number of benzene rings is 1. The monoisotopic (exact) mass is 373 g/mol. The Morgan fingerprint density at radius 1 is 1.11 bits per heavy atom. The normalized spacial score (nSPS) is 22.5. The molecular weight excluding hydrogens is 336 g/mol. The zero-order valence-electron chi connectivity index (χ0n) is 17.9. The summed E-state index contributed by atoms with van der Waals surface area (Å²) in [6.07, 6.45) is 2.50. The van der Waals surface area contributed by atoms with Gasteiger partial charge in [-0.3, -0.25) is 9.59 Å². The Labute approximate surface area is 165 Å². The van der Waals surface area contributed by atoms with Crippen LogP contribution in [0.25, 0.3) is 0 Å². The highest BCUT2D eigenvalue weighted by Gasteiger charge is 2.39. The van der Waals surface area contributed by atoms with Crippen LogP contribution in [0.15, 0.2) is 18.2 Å². The summed E-state index contributed by atoms with van der Waals surface area (Å²) in [4.78, 5) is 27.8. The van der Waals surface area contributed by atoms with E-state index in [9.17, 15) is 9.59 Å². The maximum absolute atomic E-state index is 13.0. The lowest BCUT2D eigenvalue weighted by Crippen LogP contribution is -2.59. The van der Waals surface area contributed by atoms with Crippen molar-refractivity contribution < 1.29 is 14.1 Å². The molecule has 1 heterocycles. The second-order valence-electron chi connectivity index (χ2n) is 8.16. The highest BCUT2D eigenvalue weighted by Crippen LogP contribution is 2.26. The second kappa shape index (κ2) is 9.50. The van der Waals surface area contributed by atoms with Crippen LogP contribution in [-0.4, -0.2) is 60.3 Å². The van der Waals surface area contributed by atoms with Crippen molar-refractivity contribution in [3.63, 3.8) is 0 Å². The van der Waals surface area contributed by atoms with Gasteiger partial charge in [0.2, 0.25) is 5.91 Å². The molecule has 0 aliphatic carbocycles. The van der Waals surface area contributed by atoms with Gasteiger partial charge in [0.05, 0.1) is 25.6 Å². The first-order valence-corrected chi connectivity index (χ1v) is 10.6. The Hall–Kier alpha value is -1.68. The fraction of sp³-hybridized carbons (Fsp3) is 0.652. The number of likely N-dealkylation sites (N-methyl/N-ethyl adjacent to an activating group) is 1. The third-order valence-electron chi connectivity index (χ3n) is 6.42. The van der Waals surface area contributed by atoms with Crippen LogP contribution in [0.4, 0.5) is 0 Å². The molecule has 0 spiro atoms. The molecule has 150 valence electrons. The zero-order valence-corrected chi connectivity index (χ0v) is 17.9. The van der Waals surface area contributed by atoms with Crippen LogP contribution < -0.4 is 0 Å². The number of hydrogen-bond donors (Lipinski definition) is 0. The molecule has 1 aliphatic rings. The number of quaternary nitrogens is 1. The molecule has 2 atom stereocenters. The molecule has 2 unspecified atom stereocenters. The third-order valence-corrected chi connectivity index (χ3v) is 6.42. The summed E-state index contributed by atoms with van der Waals surface area (Å²) in [7, 11) is 0. The molecule has 0 aromatic heterocycles. The van der Waals surface area contributed by atoms with E-state index in [0.29, 0.717) is 18.7 Å². The summed E-state index contributed by atoms with van der Waals surface area (Å²) in [5.41, 5.74) is 3.56. The van der Waals surface area contributed by atoms with Crippen LogP contribution in [0.2, 0.25) is 0 Å². The molecule has 0 bridgehead atoms. The van der Waals surface area contributed by atoms with Gasteiger partial charge >= 0.3 is 0 Å². The standard InChI is InChI=1S/C23H37N2O2/c1-6-24(7-2)23(27)20-13-10-14-25(8-3,16-20)17-21(26)15-22-18(4)11-9-12-19(22)5/h9,11-12,20H,6-8,10,13-17H2,1-5H3/q+1. The number of ketones is 1. The smallest absolute Gasteiger partial charge is 0.231 e. The Morgan fingerprint density at radius 2 is 1.74 bits per heavy atom. The summed E-state index contributed by atoms with van der Waals surface area (Å²) in [5, 5.41) is 0. The van der Waals surface area contributed by atoms with E-state index in [1.54, 1.807) is 0 Å². The van der Waals surface area contributed by atoms with Crippen LogP contribution in [-0.2, 0) is 16.0 Å². The van der Waals surface area contributed by atoms with Crippen molar-refractivity contribution in [1.29, 1.82) is 0 Å². The first kappa shape index (κ1) is 21.6. The molecule has 0 saturated carbocycles. The SMILES string of the molecule is CCN(CC)C(=O)C1CCC[N+](CC)(CC(=O)Cc2c(C)cccc2C)C1. The van der Waals surface area contributed by atoms with Crippen LogP contribution in [0, 0.1) is 19.8 Å². The van der Waals surface area contributed by atoms with Crippen LogP contribution in [0.5, 0.6) is 0 Å². The van der Waals surface area contributed by atoms with Gasteiger partial charge < -0.3 is 9.38 Å². The van der Waals surface area contributed by atoms with Crippen LogP contribution in [0.1, 0.15) is 50.3 Å². The highest BCUT2D eigenvalue weighted by atomic mass is 16.2. The molecule has 0 N–H and O–H groups in total. The van der Waals surface area contributed by atoms with Crippen molar-refractivity contribution in [2.75, 3.05) is 39.3 Å².